The molecule has 2 aromatic rings. The van der Waals surface area contributed by atoms with Crippen molar-refractivity contribution >= 4 is 15.9 Å². The first-order valence-electron chi connectivity index (χ1n) is 6.57. The van der Waals surface area contributed by atoms with Crippen molar-refractivity contribution in [3.63, 3.8) is 0 Å². The SMILES string of the molecule is CCNC(Cc1ccn(C)n1)c1cc(C)cc(Br)c1. The molecular weight excluding hydrogens is 302 g/mol. The van der Waals surface area contributed by atoms with Crippen LogP contribution in [0, 0.1) is 6.92 Å². The molecule has 0 spiro atoms. The monoisotopic (exact) mass is 321 g/mol. The van der Waals surface area contributed by atoms with Gasteiger partial charge in [0.05, 0.1) is 5.69 Å². The molecule has 1 aromatic carbocycles. The molecule has 3 nitrogen and oxygen atoms in total. The normalized spacial score (nSPS) is 12.6. The van der Waals surface area contributed by atoms with Crippen LogP contribution in [0.2, 0.25) is 0 Å². The maximum absolute atomic E-state index is 4.47. The molecule has 0 radical (unpaired) electrons. The fourth-order valence-electron chi connectivity index (χ4n) is 2.30. The number of aromatic nitrogens is 2. The topological polar surface area (TPSA) is 29.9 Å². The summed E-state index contributed by atoms with van der Waals surface area (Å²) in [6.07, 6.45) is 2.90. The van der Waals surface area contributed by atoms with Gasteiger partial charge >= 0.3 is 0 Å². The molecule has 0 fully saturated rings. The fraction of sp³-hybridized carbons (Fsp3) is 0.400. The van der Waals surface area contributed by atoms with Crippen molar-refractivity contribution < 1.29 is 0 Å². The van der Waals surface area contributed by atoms with Crippen LogP contribution in [0.4, 0.5) is 0 Å². The first-order valence-corrected chi connectivity index (χ1v) is 7.36. The second-order valence-electron chi connectivity index (χ2n) is 4.86. The number of hydrogen-bond donors (Lipinski definition) is 1. The first-order chi connectivity index (χ1) is 9.08. The molecule has 0 saturated heterocycles. The Morgan fingerprint density at radius 3 is 2.74 bits per heavy atom. The summed E-state index contributed by atoms with van der Waals surface area (Å²) in [5.74, 6) is 0. The summed E-state index contributed by atoms with van der Waals surface area (Å²) in [5.41, 5.74) is 3.69. The summed E-state index contributed by atoms with van der Waals surface area (Å²) in [6, 6.07) is 8.93. The molecule has 1 heterocycles. The Labute approximate surface area is 123 Å². The number of halogens is 1. The van der Waals surface area contributed by atoms with Crippen molar-refractivity contribution in [3.05, 3.63) is 51.8 Å². The zero-order valence-electron chi connectivity index (χ0n) is 11.7. The van der Waals surface area contributed by atoms with E-state index < -0.39 is 0 Å². The van der Waals surface area contributed by atoms with E-state index in [1.807, 2.05) is 17.9 Å². The highest BCUT2D eigenvalue weighted by atomic mass is 79.9. The maximum Gasteiger partial charge on any atom is 0.0643 e. The average molecular weight is 322 g/mol. The van der Waals surface area contributed by atoms with E-state index in [0.717, 1.165) is 23.1 Å². The van der Waals surface area contributed by atoms with Crippen LogP contribution in [0.1, 0.15) is 29.8 Å². The summed E-state index contributed by atoms with van der Waals surface area (Å²) in [5, 5.41) is 8.01. The quantitative estimate of drug-likeness (QED) is 0.914. The van der Waals surface area contributed by atoms with Gasteiger partial charge < -0.3 is 5.32 Å². The lowest BCUT2D eigenvalue weighted by Crippen LogP contribution is -2.23. The van der Waals surface area contributed by atoms with E-state index in [4.69, 9.17) is 0 Å². The van der Waals surface area contributed by atoms with Gasteiger partial charge in [-0.2, -0.15) is 5.10 Å². The summed E-state index contributed by atoms with van der Waals surface area (Å²) in [7, 11) is 1.95. The predicted molar refractivity (Wildman–Crippen MR) is 82.2 cm³/mol. The van der Waals surface area contributed by atoms with Gasteiger partial charge in [0, 0.05) is 30.2 Å². The highest BCUT2D eigenvalue weighted by Gasteiger charge is 2.13. The molecule has 19 heavy (non-hydrogen) atoms. The van der Waals surface area contributed by atoms with E-state index >= 15 is 0 Å². The van der Waals surface area contributed by atoms with Crippen LogP contribution in [0.25, 0.3) is 0 Å². The number of aryl methyl sites for hydroxylation is 2. The van der Waals surface area contributed by atoms with Crippen LogP contribution in [0.15, 0.2) is 34.9 Å². The van der Waals surface area contributed by atoms with Gasteiger partial charge in [0.25, 0.3) is 0 Å². The van der Waals surface area contributed by atoms with Crippen LogP contribution in [0.3, 0.4) is 0 Å². The minimum absolute atomic E-state index is 0.302. The Morgan fingerprint density at radius 1 is 1.37 bits per heavy atom. The molecule has 1 aromatic heterocycles. The minimum atomic E-state index is 0.302. The number of hydrogen-bond acceptors (Lipinski definition) is 2. The van der Waals surface area contributed by atoms with Crippen molar-refractivity contribution in [2.24, 2.45) is 7.05 Å². The molecule has 4 heteroatoms. The molecule has 0 aliphatic heterocycles. The largest absolute Gasteiger partial charge is 0.310 e. The van der Waals surface area contributed by atoms with E-state index in [9.17, 15) is 0 Å². The third-order valence-corrected chi connectivity index (χ3v) is 3.56. The van der Waals surface area contributed by atoms with Gasteiger partial charge in [-0.05, 0) is 42.8 Å². The highest BCUT2D eigenvalue weighted by Crippen LogP contribution is 2.23. The van der Waals surface area contributed by atoms with Crippen LogP contribution >= 0.6 is 15.9 Å². The van der Waals surface area contributed by atoms with Gasteiger partial charge in [-0.3, -0.25) is 4.68 Å². The summed E-state index contributed by atoms with van der Waals surface area (Å²) < 4.78 is 2.98. The van der Waals surface area contributed by atoms with E-state index in [1.165, 1.54) is 11.1 Å². The Kier molecular flexibility index (Phi) is 4.77. The standard InChI is InChI=1S/C15H20BrN3/c1-4-17-15(10-14-5-6-19(3)18-14)12-7-11(2)8-13(16)9-12/h5-9,15,17H,4,10H2,1-3H3. The first kappa shape index (κ1) is 14.3. The summed E-state index contributed by atoms with van der Waals surface area (Å²) in [4.78, 5) is 0. The Balaban J connectivity index is 2.23. The highest BCUT2D eigenvalue weighted by molar-refractivity contribution is 9.10. The second-order valence-corrected chi connectivity index (χ2v) is 5.77. The van der Waals surface area contributed by atoms with Gasteiger partial charge in [-0.15, -0.1) is 0 Å². The number of nitrogens with one attached hydrogen (secondary N) is 1. The number of likely N-dealkylation sites (N-methyl/N-ethyl adjacent to an activating group) is 1. The molecule has 0 bridgehead atoms. The molecule has 0 aliphatic carbocycles. The van der Waals surface area contributed by atoms with Crippen molar-refractivity contribution in [2.75, 3.05) is 6.54 Å². The summed E-state index contributed by atoms with van der Waals surface area (Å²) >= 11 is 3.57. The molecule has 1 unspecified atom stereocenters. The van der Waals surface area contributed by atoms with Crippen LogP contribution < -0.4 is 5.32 Å². The smallest absolute Gasteiger partial charge is 0.0643 e. The third-order valence-electron chi connectivity index (χ3n) is 3.10. The summed E-state index contributed by atoms with van der Waals surface area (Å²) in [6.45, 7) is 5.21. The van der Waals surface area contributed by atoms with E-state index in [2.05, 4.69) is 64.5 Å². The van der Waals surface area contributed by atoms with E-state index in [0.29, 0.717) is 6.04 Å². The van der Waals surface area contributed by atoms with Crippen LogP contribution in [-0.4, -0.2) is 16.3 Å². The van der Waals surface area contributed by atoms with Crippen molar-refractivity contribution in [1.29, 1.82) is 0 Å². The molecule has 0 saturated carbocycles. The fourth-order valence-corrected chi connectivity index (χ4v) is 2.93. The van der Waals surface area contributed by atoms with Gasteiger partial charge in [0.1, 0.15) is 0 Å². The lowest BCUT2D eigenvalue weighted by atomic mass is 10.0. The van der Waals surface area contributed by atoms with Crippen molar-refractivity contribution in [1.82, 2.24) is 15.1 Å². The Morgan fingerprint density at radius 2 is 2.16 bits per heavy atom. The lowest BCUT2D eigenvalue weighted by Gasteiger charge is -2.18. The van der Waals surface area contributed by atoms with Crippen LogP contribution in [0.5, 0.6) is 0 Å². The maximum atomic E-state index is 4.47. The van der Waals surface area contributed by atoms with Crippen molar-refractivity contribution in [3.8, 4) is 0 Å². The molecule has 102 valence electrons. The van der Waals surface area contributed by atoms with Gasteiger partial charge in [0.2, 0.25) is 0 Å². The zero-order chi connectivity index (χ0) is 13.8. The Hall–Kier alpha value is -1.13. The second kappa shape index (κ2) is 6.35. The zero-order valence-corrected chi connectivity index (χ0v) is 13.2. The van der Waals surface area contributed by atoms with E-state index in [1.54, 1.807) is 0 Å². The van der Waals surface area contributed by atoms with Gasteiger partial charge in [0.15, 0.2) is 0 Å². The Bertz CT molecular complexity index is 528. The van der Waals surface area contributed by atoms with Crippen LogP contribution in [-0.2, 0) is 13.5 Å². The lowest BCUT2D eigenvalue weighted by molar-refractivity contribution is 0.539. The van der Waals surface area contributed by atoms with E-state index in [-0.39, 0.29) is 0 Å². The molecule has 1 atom stereocenters. The van der Waals surface area contributed by atoms with Gasteiger partial charge in [-0.25, -0.2) is 0 Å². The van der Waals surface area contributed by atoms with Gasteiger partial charge in [-0.1, -0.05) is 28.9 Å². The van der Waals surface area contributed by atoms with Crippen molar-refractivity contribution in [2.45, 2.75) is 26.3 Å². The number of rotatable bonds is 5. The molecule has 2 rings (SSSR count). The number of benzene rings is 1. The third kappa shape index (κ3) is 3.91. The minimum Gasteiger partial charge on any atom is -0.310 e. The molecular formula is C15H20BrN3. The predicted octanol–water partition coefficient (Wildman–Crippen LogP) is 3.38. The molecule has 0 amide bonds. The molecule has 1 N–H and O–H groups in total. The molecule has 0 aliphatic rings. The average Bonchev–Trinajstić information content (AvgIpc) is 2.73. The number of nitrogens with zero attached hydrogens (tertiary/aromatic N) is 2.